The standard InChI is InChI=1S/C15H13Cl2NO2/c1-19-8-7-10-14(18-20-15(10)9-5-6-9)13-11(16)3-2-4-12(13)17/h2-4,7-9H,5-6H2,1H3. The Hall–Kier alpha value is -1.45. The van der Waals surface area contributed by atoms with E-state index in [1.54, 1.807) is 31.6 Å². The Kier molecular flexibility index (Phi) is 3.72. The molecule has 1 aliphatic carbocycles. The van der Waals surface area contributed by atoms with Crippen LogP contribution in [-0.4, -0.2) is 12.3 Å². The van der Waals surface area contributed by atoms with Gasteiger partial charge in [-0.1, -0.05) is 34.4 Å². The van der Waals surface area contributed by atoms with Crippen molar-refractivity contribution in [3.8, 4) is 11.3 Å². The molecule has 3 nitrogen and oxygen atoms in total. The first-order chi connectivity index (χ1) is 9.72. The zero-order valence-corrected chi connectivity index (χ0v) is 12.4. The lowest BCUT2D eigenvalue weighted by Gasteiger charge is -2.04. The van der Waals surface area contributed by atoms with Crippen LogP contribution in [-0.2, 0) is 4.74 Å². The van der Waals surface area contributed by atoms with Crippen LogP contribution in [0.2, 0.25) is 10.0 Å². The maximum absolute atomic E-state index is 6.25. The van der Waals surface area contributed by atoms with Gasteiger partial charge in [-0.15, -0.1) is 0 Å². The minimum absolute atomic E-state index is 0.439. The van der Waals surface area contributed by atoms with Crippen LogP contribution in [0, 0.1) is 0 Å². The molecule has 0 radical (unpaired) electrons. The molecule has 0 unspecified atom stereocenters. The molecule has 0 N–H and O–H groups in total. The fraction of sp³-hybridized carbons (Fsp3) is 0.267. The highest BCUT2D eigenvalue weighted by Gasteiger charge is 2.32. The number of nitrogens with zero attached hydrogens (tertiary/aromatic N) is 1. The van der Waals surface area contributed by atoms with E-state index in [0.29, 0.717) is 27.2 Å². The minimum atomic E-state index is 0.439. The van der Waals surface area contributed by atoms with Crippen molar-refractivity contribution >= 4 is 29.3 Å². The van der Waals surface area contributed by atoms with E-state index in [4.69, 9.17) is 32.5 Å². The SMILES string of the molecule is COC=Cc1c(-c2c(Cl)cccc2Cl)noc1C1CC1. The number of hydrogen-bond acceptors (Lipinski definition) is 3. The van der Waals surface area contributed by atoms with Crippen LogP contribution in [0.1, 0.15) is 30.1 Å². The van der Waals surface area contributed by atoms with E-state index < -0.39 is 0 Å². The summed E-state index contributed by atoms with van der Waals surface area (Å²) in [6.07, 6.45) is 5.70. The molecule has 0 aliphatic heterocycles. The highest BCUT2D eigenvalue weighted by molar-refractivity contribution is 6.39. The molecule has 2 aromatic rings. The largest absolute Gasteiger partial charge is 0.504 e. The molecule has 1 heterocycles. The molecule has 20 heavy (non-hydrogen) atoms. The molecule has 1 aliphatic rings. The smallest absolute Gasteiger partial charge is 0.147 e. The van der Waals surface area contributed by atoms with Crippen molar-refractivity contribution < 1.29 is 9.26 Å². The quantitative estimate of drug-likeness (QED) is 0.733. The highest BCUT2D eigenvalue weighted by atomic mass is 35.5. The van der Waals surface area contributed by atoms with Gasteiger partial charge in [0.2, 0.25) is 0 Å². The first-order valence-electron chi connectivity index (χ1n) is 6.35. The van der Waals surface area contributed by atoms with Crippen molar-refractivity contribution in [1.29, 1.82) is 0 Å². The maximum Gasteiger partial charge on any atom is 0.147 e. The summed E-state index contributed by atoms with van der Waals surface area (Å²) in [6, 6.07) is 5.39. The first kappa shape index (κ1) is 13.5. The summed E-state index contributed by atoms with van der Waals surface area (Å²) in [5.74, 6) is 1.32. The minimum Gasteiger partial charge on any atom is -0.504 e. The Labute approximate surface area is 127 Å². The summed E-state index contributed by atoms with van der Waals surface area (Å²) in [5, 5.41) is 5.28. The van der Waals surface area contributed by atoms with Crippen LogP contribution in [0.5, 0.6) is 0 Å². The number of benzene rings is 1. The summed E-state index contributed by atoms with van der Waals surface area (Å²) in [5.41, 5.74) is 2.25. The van der Waals surface area contributed by atoms with Gasteiger partial charge in [0.1, 0.15) is 11.5 Å². The Morgan fingerprint density at radius 3 is 2.60 bits per heavy atom. The third-order valence-corrected chi connectivity index (χ3v) is 3.90. The number of ether oxygens (including phenoxy) is 1. The number of rotatable bonds is 4. The fourth-order valence-corrected chi connectivity index (χ4v) is 2.73. The van der Waals surface area contributed by atoms with Gasteiger partial charge in [0.15, 0.2) is 0 Å². The molecule has 5 heteroatoms. The molecular weight excluding hydrogens is 297 g/mol. The van der Waals surface area contributed by atoms with Gasteiger partial charge in [-0.05, 0) is 31.1 Å². The Morgan fingerprint density at radius 1 is 1.30 bits per heavy atom. The van der Waals surface area contributed by atoms with Crippen LogP contribution in [0.4, 0.5) is 0 Å². The Morgan fingerprint density at radius 2 is 2.00 bits per heavy atom. The summed E-state index contributed by atoms with van der Waals surface area (Å²) in [4.78, 5) is 0. The van der Waals surface area contributed by atoms with Gasteiger partial charge in [-0.3, -0.25) is 0 Å². The van der Waals surface area contributed by atoms with Gasteiger partial charge in [-0.2, -0.15) is 0 Å². The third-order valence-electron chi connectivity index (χ3n) is 3.27. The molecule has 0 bridgehead atoms. The van der Waals surface area contributed by atoms with Crippen molar-refractivity contribution in [2.24, 2.45) is 0 Å². The van der Waals surface area contributed by atoms with Gasteiger partial charge in [0.05, 0.1) is 23.4 Å². The molecule has 3 rings (SSSR count). The molecular formula is C15H13Cl2NO2. The van der Waals surface area contributed by atoms with E-state index in [1.165, 1.54) is 0 Å². The lowest BCUT2D eigenvalue weighted by molar-refractivity contribution is 0.341. The van der Waals surface area contributed by atoms with Gasteiger partial charge in [0.25, 0.3) is 0 Å². The van der Waals surface area contributed by atoms with E-state index in [1.807, 2.05) is 6.08 Å². The number of hydrogen-bond donors (Lipinski definition) is 0. The van der Waals surface area contributed by atoms with Crippen LogP contribution >= 0.6 is 23.2 Å². The topological polar surface area (TPSA) is 35.3 Å². The molecule has 0 atom stereocenters. The lowest BCUT2D eigenvalue weighted by atomic mass is 10.0. The van der Waals surface area contributed by atoms with Crippen LogP contribution in [0.25, 0.3) is 17.3 Å². The third kappa shape index (κ3) is 2.43. The molecule has 104 valence electrons. The number of aromatic nitrogens is 1. The van der Waals surface area contributed by atoms with Crippen molar-refractivity contribution in [1.82, 2.24) is 5.16 Å². The molecule has 1 fully saturated rings. The highest BCUT2D eigenvalue weighted by Crippen LogP contribution is 2.46. The Balaban J connectivity index is 2.16. The number of methoxy groups -OCH3 is 1. The van der Waals surface area contributed by atoms with Crippen LogP contribution in [0.15, 0.2) is 29.0 Å². The summed E-state index contributed by atoms with van der Waals surface area (Å²) in [6.45, 7) is 0. The monoisotopic (exact) mass is 309 g/mol. The van der Waals surface area contributed by atoms with Gasteiger partial charge >= 0.3 is 0 Å². The zero-order chi connectivity index (χ0) is 14.1. The zero-order valence-electron chi connectivity index (χ0n) is 10.9. The van der Waals surface area contributed by atoms with Gasteiger partial charge < -0.3 is 9.26 Å². The second-order valence-corrected chi connectivity index (χ2v) is 5.53. The summed E-state index contributed by atoms with van der Waals surface area (Å²) >= 11 is 12.5. The normalized spacial score (nSPS) is 14.9. The van der Waals surface area contributed by atoms with Crippen molar-refractivity contribution in [2.75, 3.05) is 7.11 Å². The molecule has 0 spiro atoms. The predicted molar refractivity (Wildman–Crippen MR) is 80.0 cm³/mol. The van der Waals surface area contributed by atoms with Crippen molar-refractivity contribution in [2.45, 2.75) is 18.8 Å². The van der Waals surface area contributed by atoms with Crippen molar-refractivity contribution in [3.63, 3.8) is 0 Å². The molecule has 1 aromatic carbocycles. The number of halogens is 2. The molecule has 1 saturated carbocycles. The second-order valence-electron chi connectivity index (χ2n) is 4.72. The van der Waals surface area contributed by atoms with E-state index >= 15 is 0 Å². The average molecular weight is 310 g/mol. The summed E-state index contributed by atoms with van der Waals surface area (Å²) in [7, 11) is 1.60. The van der Waals surface area contributed by atoms with Crippen molar-refractivity contribution in [3.05, 3.63) is 45.8 Å². The summed E-state index contributed by atoms with van der Waals surface area (Å²) < 4.78 is 10.5. The van der Waals surface area contributed by atoms with E-state index in [-0.39, 0.29) is 0 Å². The van der Waals surface area contributed by atoms with E-state index in [2.05, 4.69) is 5.16 Å². The Bertz CT molecular complexity index is 640. The first-order valence-corrected chi connectivity index (χ1v) is 7.11. The molecule has 0 amide bonds. The van der Waals surface area contributed by atoms with Gasteiger partial charge in [0, 0.05) is 17.0 Å². The van der Waals surface area contributed by atoms with Crippen LogP contribution < -0.4 is 0 Å². The molecule has 0 saturated heterocycles. The second kappa shape index (κ2) is 5.51. The lowest BCUT2D eigenvalue weighted by Crippen LogP contribution is -1.87. The average Bonchev–Trinajstić information content (AvgIpc) is 3.19. The molecule has 1 aromatic heterocycles. The van der Waals surface area contributed by atoms with E-state index in [9.17, 15) is 0 Å². The fourth-order valence-electron chi connectivity index (χ4n) is 2.15. The predicted octanol–water partition coefficient (Wildman–Crippen LogP) is 5.14. The maximum atomic E-state index is 6.25. The van der Waals surface area contributed by atoms with Gasteiger partial charge in [-0.25, -0.2) is 0 Å². The van der Waals surface area contributed by atoms with Crippen LogP contribution in [0.3, 0.4) is 0 Å². The van der Waals surface area contributed by atoms with E-state index in [0.717, 1.165) is 24.2 Å².